The Balaban J connectivity index is 1.75. The van der Waals surface area contributed by atoms with Crippen LogP contribution >= 0.6 is 0 Å². The lowest BCUT2D eigenvalue weighted by atomic mass is 10.2. The van der Waals surface area contributed by atoms with E-state index in [4.69, 9.17) is 9.47 Å². The van der Waals surface area contributed by atoms with E-state index >= 15 is 0 Å². The molecule has 0 unspecified atom stereocenters. The SMILES string of the molecule is COc1cccc(Nc2ncnc(Oc3cccc4ccc(C)nc34)c2[N+](=O)[O-])c1. The number of nitro groups is 1. The van der Waals surface area contributed by atoms with Crippen molar-refractivity contribution in [3.63, 3.8) is 0 Å². The zero-order chi connectivity index (χ0) is 21.1. The van der Waals surface area contributed by atoms with Crippen molar-refractivity contribution in [2.24, 2.45) is 0 Å². The highest BCUT2D eigenvalue weighted by Gasteiger charge is 2.26. The summed E-state index contributed by atoms with van der Waals surface area (Å²) in [5.74, 6) is 0.787. The minimum atomic E-state index is -0.582. The number of pyridine rings is 1. The van der Waals surface area contributed by atoms with Gasteiger partial charge in [0.15, 0.2) is 5.75 Å². The maximum Gasteiger partial charge on any atom is 0.373 e. The molecule has 0 fully saturated rings. The Hall–Kier alpha value is -4.27. The third-order valence-electron chi connectivity index (χ3n) is 4.33. The Bertz CT molecular complexity index is 1250. The molecule has 0 aliphatic heterocycles. The monoisotopic (exact) mass is 403 g/mol. The van der Waals surface area contributed by atoms with Crippen LogP contribution in [0.3, 0.4) is 0 Å². The van der Waals surface area contributed by atoms with Gasteiger partial charge in [0.05, 0.1) is 12.0 Å². The van der Waals surface area contributed by atoms with Crippen LogP contribution in [0.5, 0.6) is 17.4 Å². The molecule has 9 nitrogen and oxygen atoms in total. The molecule has 0 spiro atoms. The molecule has 0 aliphatic carbocycles. The van der Waals surface area contributed by atoms with Gasteiger partial charge in [0.1, 0.15) is 17.6 Å². The number of rotatable bonds is 6. The summed E-state index contributed by atoms with van der Waals surface area (Å²) in [7, 11) is 1.54. The largest absolute Gasteiger partial charge is 0.497 e. The molecular formula is C21H17N5O4. The molecule has 9 heteroatoms. The number of hydrogen-bond donors (Lipinski definition) is 1. The van der Waals surface area contributed by atoms with Gasteiger partial charge >= 0.3 is 11.6 Å². The number of nitrogens with one attached hydrogen (secondary N) is 1. The standard InChI is InChI=1S/C21H17N5O4/c1-13-9-10-14-5-3-8-17(18(14)24-13)30-21-19(26(27)28)20(22-12-23-21)25-15-6-4-7-16(11-15)29-2/h3-12H,1-2H3,(H,22,23,25). The van der Waals surface area contributed by atoms with Crippen LogP contribution in [0.2, 0.25) is 0 Å². The maximum absolute atomic E-state index is 11.8. The van der Waals surface area contributed by atoms with Crippen molar-refractivity contribution in [2.75, 3.05) is 12.4 Å². The van der Waals surface area contributed by atoms with Crippen molar-refractivity contribution in [1.82, 2.24) is 15.0 Å². The van der Waals surface area contributed by atoms with Crippen LogP contribution in [0.25, 0.3) is 10.9 Å². The fraction of sp³-hybridized carbons (Fsp3) is 0.0952. The van der Waals surface area contributed by atoms with E-state index in [1.54, 1.807) is 36.4 Å². The number of methoxy groups -OCH3 is 1. The van der Waals surface area contributed by atoms with Gasteiger partial charge in [0.25, 0.3) is 0 Å². The Morgan fingerprint density at radius 1 is 1.07 bits per heavy atom. The molecule has 1 N–H and O–H groups in total. The van der Waals surface area contributed by atoms with Crippen LogP contribution in [0.15, 0.2) is 60.9 Å². The number of para-hydroxylation sites is 1. The second kappa shape index (κ2) is 8.00. The summed E-state index contributed by atoms with van der Waals surface area (Å²) in [6, 6.07) is 16.1. The van der Waals surface area contributed by atoms with Gasteiger partial charge in [-0.1, -0.05) is 24.3 Å². The van der Waals surface area contributed by atoms with Crippen LogP contribution in [0, 0.1) is 17.0 Å². The fourth-order valence-corrected chi connectivity index (χ4v) is 2.93. The lowest BCUT2D eigenvalue weighted by molar-refractivity contribution is -0.385. The first-order valence-electron chi connectivity index (χ1n) is 9.00. The third kappa shape index (κ3) is 3.81. The molecule has 0 bridgehead atoms. The van der Waals surface area contributed by atoms with Crippen molar-refractivity contribution in [1.29, 1.82) is 0 Å². The van der Waals surface area contributed by atoms with Crippen molar-refractivity contribution in [3.05, 3.63) is 76.7 Å². The van der Waals surface area contributed by atoms with Gasteiger partial charge in [-0.25, -0.2) is 9.97 Å². The van der Waals surface area contributed by atoms with E-state index in [0.29, 0.717) is 22.7 Å². The van der Waals surface area contributed by atoms with Crippen LogP contribution in [0.1, 0.15) is 5.69 Å². The Morgan fingerprint density at radius 2 is 1.90 bits per heavy atom. The zero-order valence-corrected chi connectivity index (χ0v) is 16.2. The molecule has 150 valence electrons. The summed E-state index contributed by atoms with van der Waals surface area (Å²) in [5, 5.41) is 15.6. The average molecular weight is 403 g/mol. The normalized spacial score (nSPS) is 10.6. The number of aromatic nitrogens is 3. The zero-order valence-electron chi connectivity index (χ0n) is 16.2. The first-order valence-corrected chi connectivity index (χ1v) is 9.00. The fourth-order valence-electron chi connectivity index (χ4n) is 2.93. The topological polar surface area (TPSA) is 112 Å². The smallest absolute Gasteiger partial charge is 0.373 e. The Kier molecular flexibility index (Phi) is 5.08. The number of ether oxygens (including phenoxy) is 2. The minimum Gasteiger partial charge on any atom is -0.497 e. The third-order valence-corrected chi connectivity index (χ3v) is 4.33. The van der Waals surface area contributed by atoms with Crippen molar-refractivity contribution in [2.45, 2.75) is 6.92 Å². The number of fused-ring (bicyclic) bond motifs is 1. The first-order chi connectivity index (χ1) is 14.5. The van der Waals surface area contributed by atoms with Gasteiger partial charge in [-0.2, -0.15) is 4.98 Å². The molecule has 0 saturated heterocycles. The lowest BCUT2D eigenvalue weighted by Crippen LogP contribution is -2.04. The number of benzene rings is 2. The van der Waals surface area contributed by atoms with E-state index < -0.39 is 4.92 Å². The summed E-state index contributed by atoms with van der Waals surface area (Å²) < 4.78 is 11.0. The van der Waals surface area contributed by atoms with Crippen molar-refractivity contribution >= 4 is 28.1 Å². The molecule has 0 amide bonds. The molecule has 0 radical (unpaired) electrons. The highest BCUT2D eigenvalue weighted by molar-refractivity contribution is 5.85. The number of aryl methyl sites for hydroxylation is 1. The van der Waals surface area contributed by atoms with E-state index in [1.807, 2.05) is 25.1 Å². The predicted octanol–water partition coefficient (Wildman–Crippen LogP) is 4.79. The van der Waals surface area contributed by atoms with Crippen molar-refractivity contribution < 1.29 is 14.4 Å². The van der Waals surface area contributed by atoms with Gasteiger partial charge in [0, 0.05) is 22.8 Å². The lowest BCUT2D eigenvalue weighted by Gasteiger charge is -2.11. The quantitative estimate of drug-likeness (QED) is 0.361. The van der Waals surface area contributed by atoms with Gasteiger partial charge in [0.2, 0.25) is 5.82 Å². The van der Waals surface area contributed by atoms with E-state index in [1.165, 1.54) is 13.4 Å². The van der Waals surface area contributed by atoms with E-state index in [-0.39, 0.29) is 17.4 Å². The molecule has 0 saturated carbocycles. The van der Waals surface area contributed by atoms with Crippen molar-refractivity contribution in [3.8, 4) is 17.4 Å². The molecule has 4 rings (SSSR count). The minimum absolute atomic E-state index is 0.00243. The van der Waals surface area contributed by atoms with Gasteiger partial charge in [-0.3, -0.25) is 10.1 Å². The highest BCUT2D eigenvalue weighted by atomic mass is 16.6. The van der Waals surface area contributed by atoms with E-state index in [0.717, 1.165) is 11.1 Å². The number of anilines is 2. The molecule has 2 heterocycles. The van der Waals surface area contributed by atoms with Crippen LogP contribution in [0.4, 0.5) is 17.2 Å². The summed E-state index contributed by atoms with van der Waals surface area (Å²) in [5.41, 5.74) is 1.58. The van der Waals surface area contributed by atoms with Crippen LogP contribution in [-0.2, 0) is 0 Å². The highest BCUT2D eigenvalue weighted by Crippen LogP contribution is 2.37. The molecule has 0 atom stereocenters. The van der Waals surface area contributed by atoms with Crippen LogP contribution < -0.4 is 14.8 Å². The van der Waals surface area contributed by atoms with Gasteiger partial charge < -0.3 is 14.8 Å². The Labute approximate surface area is 171 Å². The van der Waals surface area contributed by atoms with E-state index in [9.17, 15) is 10.1 Å². The van der Waals surface area contributed by atoms with Gasteiger partial charge in [-0.15, -0.1) is 0 Å². The molecular weight excluding hydrogens is 386 g/mol. The second-order valence-corrected chi connectivity index (χ2v) is 6.37. The molecule has 0 aliphatic rings. The summed E-state index contributed by atoms with van der Waals surface area (Å²) in [4.78, 5) is 23.8. The second-order valence-electron chi connectivity index (χ2n) is 6.37. The molecule has 2 aromatic heterocycles. The maximum atomic E-state index is 11.8. The summed E-state index contributed by atoms with van der Waals surface area (Å²) in [6.45, 7) is 1.86. The van der Waals surface area contributed by atoms with E-state index in [2.05, 4.69) is 20.3 Å². The Morgan fingerprint density at radius 3 is 2.70 bits per heavy atom. The molecule has 2 aromatic carbocycles. The number of nitrogens with zero attached hydrogens (tertiary/aromatic N) is 4. The van der Waals surface area contributed by atoms with Gasteiger partial charge in [-0.05, 0) is 31.2 Å². The number of hydrogen-bond acceptors (Lipinski definition) is 8. The summed E-state index contributed by atoms with van der Waals surface area (Å²) >= 11 is 0. The predicted molar refractivity (Wildman–Crippen MR) is 112 cm³/mol. The first kappa shape index (κ1) is 19.1. The average Bonchev–Trinajstić information content (AvgIpc) is 2.74. The van der Waals surface area contributed by atoms with Crippen LogP contribution in [-0.4, -0.2) is 27.0 Å². The molecule has 30 heavy (non-hydrogen) atoms. The molecule has 4 aromatic rings. The summed E-state index contributed by atoms with van der Waals surface area (Å²) in [6.07, 6.45) is 1.20.